The van der Waals surface area contributed by atoms with Crippen LogP contribution in [0.2, 0.25) is 0 Å². The molecule has 0 atom stereocenters. The van der Waals surface area contributed by atoms with Crippen LogP contribution in [0.4, 0.5) is 5.69 Å². The van der Waals surface area contributed by atoms with Gasteiger partial charge in [0.2, 0.25) is 0 Å². The van der Waals surface area contributed by atoms with Crippen LogP contribution in [0.25, 0.3) is 0 Å². The standard InChI is InChI=1S/C11H18N4O/c1-15-5-3-8(4-6-15)10-7-9(12)11(16-2)14-13-10/h7-8H,3-6H2,1-2H3,(H2,12,13). The van der Waals surface area contributed by atoms with Crippen molar-refractivity contribution in [2.75, 3.05) is 33.0 Å². The van der Waals surface area contributed by atoms with Crippen molar-refractivity contribution in [3.05, 3.63) is 11.8 Å². The highest BCUT2D eigenvalue weighted by Crippen LogP contribution is 2.28. The van der Waals surface area contributed by atoms with E-state index in [0.29, 0.717) is 17.5 Å². The van der Waals surface area contributed by atoms with Crippen LogP contribution in [-0.2, 0) is 0 Å². The maximum absolute atomic E-state index is 5.83. The van der Waals surface area contributed by atoms with Gasteiger partial charge in [0.1, 0.15) is 0 Å². The molecule has 2 N–H and O–H groups in total. The normalized spacial score (nSPS) is 18.6. The molecule has 16 heavy (non-hydrogen) atoms. The van der Waals surface area contributed by atoms with Crippen LogP contribution in [0, 0.1) is 0 Å². The van der Waals surface area contributed by atoms with Crippen molar-refractivity contribution >= 4 is 5.69 Å². The number of piperidine rings is 1. The van der Waals surface area contributed by atoms with E-state index >= 15 is 0 Å². The van der Waals surface area contributed by atoms with E-state index in [1.807, 2.05) is 6.07 Å². The van der Waals surface area contributed by atoms with Gasteiger partial charge in [0.05, 0.1) is 18.5 Å². The first-order chi connectivity index (χ1) is 7.70. The van der Waals surface area contributed by atoms with Crippen LogP contribution < -0.4 is 10.5 Å². The van der Waals surface area contributed by atoms with Gasteiger partial charge in [-0.2, -0.15) is 5.10 Å². The zero-order valence-corrected chi connectivity index (χ0v) is 9.81. The SMILES string of the molecule is COc1nnc(C2CCN(C)CC2)cc1N. The Hall–Kier alpha value is -1.36. The molecule has 0 spiro atoms. The molecular formula is C11H18N4O. The van der Waals surface area contributed by atoms with Crippen LogP contribution in [0.15, 0.2) is 6.07 Å². The molecule has 1 aliphatic heterocycles. The number of nitrogen functional groups attached to an aromatic ring is 1. The van der Waals surface area contributed by atoms with E-state index in [4.69, 9.17) is 10.5 Å². The summed E-state index contributed by atoms with van der Waals surface area (Å²) < 4.78 is 5.00. The minimum absolute atomic E-state index is 0.414. The number of methoxy groups -OCH3 is 1. The summed E-state index contributed by atoms with van der Waals surface area (Å²) >= 11 is 0. The van der Waals surface area contributed by atoms with E-state index in [1.54, 1.807) is 7.11 Å². The van der Waals surface area contributed by atoms with Gasteiger partial charge < -0.3 is 15.4 Å². The average molecular weight is 222 g/mol. The zero-order valence-electron chi connectivity index (χ0n) is 9.81. The summed E-state index contributed by atoms with van der Waals surface area (Å²) in [5.41, 5.74) is 7.40. The summed E-state index contributed by atoms with van der Waals surface area (Å²) in [4.78, 5) is 2.33. The number of rotatable bonds is 2. The Labute approximate surface area is 95.6 Å². The lowest BCUT2D eigenvalue weighted by Crippen LogP contribution is -2.29. The molecular weight excluding hydrogens is 204 g/mol. The molecule has 0 amide bonds. The minimum Gasteiger partial charge on any atom is -0.478 e. The van der Waals surface area contributed by atoms with Crippen LogP contribution in [0.1, 0.15) is 24.5 Å². The van der Waals surface area contributed by atoms with Gasteiger partial charge in [-0.15, -0.1) is 5.10 Å². The first-order valence-corrected chi connectivity index (χ1v) is 5.56. The van der Waals surface area contributed by atoms with Gasteiger partial charge in [0.15, 0.2) is 0 Å². The number of anilines is 1. The minimum atomic E-state index is 0.414. The molecule has 88 valence electrons. The van der Waals surface area contributed by atoms with E-state index in [1.165, 1.54) is 0 Å². The Kier molecular flexibility index (Phi) is 3.24. The maximum Gasteiger partial charge on any atom is 0.256 e. The van der Waals surface area contributed by atoms with Gasteiger partial charge >= 0.3 is 0 Å². The van der Waals surface area contributed by atoms with E-state index in [0.717, 1.165) is 31.6 Å². The molecule has 0 bridgehead atoms. The van der Waals surface area contributed by atoms with Crippen molar-refractivity contribution in [1.29, 1.82) is 0 Å². The van der Waals surface area contributed by atoms with Gasteiger partial charge in [-0.25, -0.2) is 0 Å². The highest BCUT2D eigenvalue weighted by Gasteiger charge is 2.20. The quantitative estimate of drug-likeness (QED) is 0.804. The van der Waals surface area contributed by atoms with Gasteiger partial charge in [-0.1, -0.05) is 0 Å². The van der Waals surface area contributed by atoms with E-state index in [9.17, 15) is 0 Å². The van der Waals surface area contributed by atoms with Crippen LogP contribution in [-0.4, -0.2) is 42.3 Å². The van der Waals surface area contributed by atoms with E-state index in [-0.39, 0.29) is 0 Å². The Morgan fingerprint density at radius 3 is 2.62 bits per heavy atom. The lowest BCUT2D eigenvalue weighted by Gasteiger charge is -2.28. The van der Waals surface area contributed by atoms with Gasteiger partial charge in [0, 0.05) is 5.92 Å². The molecule has 1 aliphatic rings. The lowest BCUT2D eigenvalue weighted by molar-refractivity contribution is 0.252. The Bertz CT molecular complexity index is 361. The Morgan fingerprint density at radius 2 is 2.06 bits per heavy atom. The summed E-state index contributed by atoms with van der Waals surface area (Å²) in [6, 6.07) is 1.89. The predicted octanol–water partition coefficient (Wildman–Crippen LogP) is 0.877. The molecule has 5 heteroatoms. The van der Waals surface area contributed by atoms with Crippen molar-refractivity contribution in [1.82, 2.24) is 15.1 Å². The fourth-order valence-corrected chi connectivity index (χ4v) is 2.07. The van der Waals surface area contributed by atoms with Gasteiger partial charge in [-0.05, 0) is 39.0 Å². The summed E-state index contributed by atoms with van der Waals surface area (Å²) in [6.45, 7) is 2.22. The highest BCUT2D eigenvalue weighted by molar-refractivity contribution is 5.48. The summed E-state index contributed by atoms with van der Waals surface area (Å²) in [5, 5.41) is 8.17. The van der Waals surface area contributed by atoms with Crippen molar-refractivity contribution < 1.29 is 4.74 Å². The fourth-order valence-electron chi connectivity index (χ4n) is 2.07. The fraction of sp³-hybridized carbons (Fsp3) is 0.636. The summed E-state index contributed by atoms with van der Waals surface area (Å²) in [6.07, 6.45) is 2.24. The van der Waals surface area contributed by atoms with Crippen molar-refractivity contribution in [2.45, 2.75) is 18.8 Å². The number of nitrogens with two attached hydrogens (primary N) is 1. The molecule has 0 aromatic carbocycles. The summed E-state index contributed by atoms with van der Waals surface area (Å²) in [5.74, 6) is 0.897. The van der Waals surface area contributed by atoms with E-state index < -0.39 is 0 Å². The molecule has 0 unspecified atom stereocenters. The van der Waals surface area contributed by atoms with Crippen LogP contribution >= 0.6 is 0 Å². The predicted molar refractivity (Wildman–Crippen MR) is 62.5 cm³/mol. The second kappa shape index (κ2) is 4.65. The molecule has 5 nitrogen and oxygen atoms in total. The van der Waals surface area contributed by atoms with Crippen molar-refractivity contribution in [3.8, 4) is 5.88 Å². The average Bonchev–Trinajstić information content (AvgIpc) is 2.30. The van der Waals surface area contributed by atoms with Gasteiger partial charge in [0.25, 0.3) is 5.88 Å². The topological polar surface area (TPSA) is 64.3 Å². The third-order valence-corrected chi connectivity index (χ3v) is 3.14. The first-order valence-electron chi connectivity index (χ1n) is 5.56. The zero-order chi connectivity index (χ0) is 11.5. The van der Waals surface area contributed by atoms with E-state index in [2.05, 4.69) is 22.1 Å². The molecule has 1 aromatic heterocycles. The van der Waals surface area contributed by atoms with Crippen molar-refractivity contribution in [2.24, 2.45) is 0 Å². The number of likely N-dealkylation sites (tertiary alicyclic amines) is 1. The smallest absolute Gasteiger partial charge is 0.256 e. The Balaban J connectivity index is 2.12. The van der Waals surface area contributed by atoms with Crippen LogP contribution in [0.3, 0.4) is 0 Å². The molecule has 2 rings (SSSR count). The maximum atomic E-state index is 5.83. The molecule has 1 saturated heterocycles. The molecule has 0 radical (unpaired) electrons. The number of aromatic nitrogens is 2. The summed E-state index contributed by atoms with van der Waals surface area (Å²) in [7, 11) is 3.69. The largest absolute Gasteiger partial charge is 0.478 e. The monoisotopic (exact) mass is 222 g/mol. The number of hydrogen-bond acceptors (Lipinski definition) is 5. The lowest BCUT2D eigenvalue weighted by atomic mass is 9.93. The molecule has 0 aliphatic carbocycles. The van der Waals surface area contributed by atoms with Crippen LogP contribution in [0.5, 0.6) is 5.88 Å². The number of hydrogen-bond donors (Lipinski definition) is 1. The van der Waals surface area contributed by atoms with Crippen molar-refractivity contribution in [3.63, 3.8) is 0 Å². The molecule has 2 heterocycles. The highest BCUT2D eigenvalue weighted by atomic mass is 16.5. The second-order valence-corrected chi connectivity index (χ2v) is 4.31. The number of ether oxygens (including phenoxy) is 1. The first kappa shape index (κ1) is 11.1. The third kappa shape index (κ3) is 2.24. The third-order valence-electron chi connectivity index (χ3n) is 3.14. The molecule has 0 saturated carbocycles. The van der Waals surface area contributed by atoms with Gasteiger partial charge in [-0.3, -0.25) is 0 Å². The second-order valence-electron chi connectivity index (χ2n) is 4.31. The molecule has 1 aromatic rings. The molecule has 1 fully saturated rings. The Morgan fingerprint density at radius 1 is 1.38 bits per heavy atom. The number of nitrogens with zero attached hydrogens (tertiary/aromatic N) is 3.